The lowest BCUT2D eigenvalue weighted by atomic mass is 9.81. The fraction of sp³-hybridized carbons (Fsp3) is 0.458. The van der Waals surface area contributed by atoms with Gasteiger partial charge in [-0.1, -0.05) is 29.8 Å². The third-order valence-corrected chi connectivity index (χ3v) is 7.24. The summed E-state index contributed by atoms with van der Waals surface area (Å²) >= 11 is 6.00. The Bertz CT molecular complexity index is 910. The molecule has 0 saturated carbocycles. The molecular weight excluding hydrogens is 396 g/mol. The molecule has 3 heterocycles. The predicted molar refractivity (Wildman–Crippen MR) is 123 cm³/mol. The molecule has 0 aromatic heterocycles. The number of nitrogens with one attached hydrogen (secondary N) is 1. The van der Waals surface area contributed by atoms with Gasteiger partial charge in [-0.15, -0.1) is 0 Å². The summed E-state index contributed by atoms with van der Waals surface area (Å²) in [6, 6.07) is 16.3. The van der Waals surface area contributed by atoms with Crippen LogP contribution in [0.15, 0.2) is 48.5 Å². The zero-order valence-electron chi connectivity index (χ0n) is 17.3. The molecule has 6 heteroatoms. The van der Waals surface area contributed by atoms with Crippen molar-refractivity contribution in [3.8, 4) is 0 Å². The van der Waals surface area contributed by atoms with Gasteiger partial charge in [-0.2, -0.15) is 0 Å². The number of carbonyl (C=O) groups is 1. The Morgan fingerprint density at radius 1 is 0.900 bits per heavy atom. The van der Waals surface area contributed by atoms with Crippen molar-refractivity contribution in [1.29, 1.82) is 0 Å². The van der Waals surface area contributed by atoms with Gasteiger partial charge in [-0.3, -0.25) is 9.69 Å². The van der Waals surface area contributed by atoms with Crippen LogP contribution in [-0.2, 0) is 10.2 Å². The van der Waals surface area contributed by atoms with Crippen LogP contribution in [-0.4, -0.2) is 68.1 Å². The van der Waals surface area contributed by atoms with Gasteiger partial charge in [-0.25, -0.2) is 0 Å². The first-order valence-electron chi connectivity index (χ1n) is 11.0. The SMILES string of the molecule is O=C1Nc2ccccc2C12CCN(CCCN1CCN(c3ccc(Cl)cc3)CC1)C2. The summed E-state index contributed by atoms with van der Waals surface area (Å²) < 4.78 is 0. The van der Waals surface area contributed by atoms with Crippen molar-refractivity contribution in [3.63, 3.8) is 0 Å². The lowest BCUT2D eigenvalue weighted by Gasteiger charge is -2.36. The van der Waals surface area contributed by atoms with Crippen LogP contribution in [0.3, 0.4) is 0 Å². The minimum atomic E-state index is -0.333. The van der Waals surface area contributed by atoms with E-state index in [1.165, 1.54) is 11.3 Å². The standard InChI is InChI=1S/C24H29ClN4O/c25-19-6-8-20(9-7-19)29-16-14-27(15-17-29)11-3-12-28-13-10-24(18-28)21-4-1-2-5-22(21)26-23(24)30/h1-2,4-9H,3,10-18H2,(H,26,30). The molecule has 1 unspecified atom stereocenters. The number of likely N-dealkylation sites (tertiary alicyclic amines) is 1. The quantitative estimate of drug-likeness (QED) is 0.797. The van der Waals surface area contributed by atoms with Crippen LogP contribution in [0.5, 0.6) is 0 Å². The van der Waals surface area contributed by atoms with Gasteiger partial charge in [0.15, 0.2) is 0 Å². The number of hydrogen-bond acceptors (Lipinski definition) is 4. The van der Waals surface area contributed by atoms with Gasteiger partial charge in [0.1, 0.15) is 0 Å². The number of carbonyl (C=O) groups excluding carboxylic acids is 1. The fourth-order valence-corrected chi connectivity index (χ4v) is 5.38. The van der Waals surface area contributed by atoms with Gasteiger partial charge < -0.3 is 15.1 Å². The van der Waals surface area contributed by atoms with Gasteiger partial charge in [-0.05, 0) is 68.4 Å². The molecule has 2 saturated heterocycles. The summed E-state index contributed by atoms with van der Waals surface area (Å²) in [6.07, 6.45) is 2.08. The smallest absolute Gasteiger partial charge is 0.236 e. The maximum absolute atomic E-state index is 12.7. The van der Waals surface area contributed by atoms with Crippen molar-refractivity contribution in [2.45, 2.75) is 18.3 Å². The van der Waals surface area contributed by atoms with E-state index < -0.39 is 0 Å². The second-order valence-electron chi connectivity index (χ2n) is 8.77. The topological polar surface area (TPSA) is 38.8 Å². The molecule has 30 heavy (non-hydrogen) atoms. The van der Waals surface area contributed by atoms with Crippen LogP contribution < -0.4 is 10.2 Å². The number of hydrogen-bond donors (Lipinski definition) is 1. The van der Waals surface area contributed by atoms with E-state index >= 15 is 0 Å². The summed E-state index contributed by atoms with van der Waals surface area (Å²) in [5, 5.41) is 3.88. The zero-order chi connectivity index (χ0) is 20.6. The number of para-hydroxylation sites is 1. The minimum Gasteiger partial charge on any atom is -0.369 e. The van der Waals surface area contributed by atoms with Crippen molar-refractivity contribution < 1.29 is 4.79 Å². The second-order valence-corrected chi connectivity index (χ2v) is 9.20. The molecule has 1 atom stereocenters. The van der Waals surface area contributed by atoms with Crippen LogP contribution in [0.25, 0.3) is 0 Å². The molecule has 1 N–H and O–H groups in total. The van der Waals surface area contributed by atoms with Crippen molar-refractivity contribution in [2.24, 2.45) is 0 Å². The average Bonchev–Trinajstić information content (AvgIpc) is 3.32. The Morgan fingerprint density at radius 3 is 2.43 bits per heavy atom. The number of fused-ring (bicyclic) bond motifs is 2. The number of benzene rings is 2. The van der Waals surface area contributed by atoms with E-state index in [-0.39, 0.29) is 11.3 Å². The van der Waals surface area contributed by atoms with E-state index in [1.54, 1.807) is 0 Å². The molecule has 2 aromatic carbocycles. The first kappa shape index (κ1) is 19.9. The van der Waals surface area contributed by atoms with Crippen molar-refractivity contribution in [3.05, 3.63) is 59.1 Å². The van der Waals surface area contributed by atoms with Crippen LogP contribution in [0.2, 0.25) is 5.02 Å². The third kappa shape index (κ3) is 3.70. The molecule has 2 aromatic rings. The van der Waals surface area contributed by atoms with E-state index in [1.807, 2.05) is 30.3 Å². The Kier molecular flexibility index (Phi) is 5.44. The molecule has 3 aliphatic rings. The van der Waals surface area contributed by atoms with E-state index in [4.69, 9.17) is 11.6 Å². The second kappa shape index (κ2) is 8.22. The molecular formula is C24H29ClN4O. The number of nitrogens with zero attached hydrogens (tertiary/aromatic N) is 3. The van der Waals surface area contributed by atoms with Gasteiger partial charge in [0.05, 0.1) is 5.41 Å². The molecule has 158 valence electrons. The van der Waals surface area contributed by atoms with Gasteiger partial charge in [0, 0.05) is 49.1 Å². The lowest BCUT2D eigenvalue weighted by Crippen LogP contribution is -2.47. The van der Waals surface area contributed by atoms with Crippen LogP contribution in [0, 0.1) is 0 Å². The number of piperazine rings is 1. The molecule has 1 amide bonds. The van der Waals surface area contributed by atoms with Crippen LogP contribution >= 0.6 is 11.6 Å². The minimum absolute atomic E-state index is 0.185. The molecule has 5 rings (SSSR count). The summed E-state index contributed by atoms with van der Waals surface area (Å²) in [6.45, 7) is 8.36. The first-order chi connectivity index (χ1) is 14.6. The Morgan fingerprint density at radius 2 is 1.63 bits per heavy atom. The average molecular weight is 425 g/mol. The Labute approximate surface area is 183 Å². The maximum Gasteiger partial charge on any atom is 0.236 e. The highest BCUT2D eigenvalue weighted by Gasteiger charge is 2.50. The molecule has 0 aliphatic carbocycles. The maximum atomic E-state index is 12.7. The summed E-state index contributed by atoms with van der Waals surface area (Å²) in [4.78, 5) is 20.2. The number of halogens is 1. The highest BCUT2D eigenvalue weighted by Crippen LogP contribution is 2.43. The highest BCUT2D eigenvalue weighted by molar-refractivity contribution is 6.30. The first-order valence-corrected chi connectivity index (χ1v) is 11.4. The van der Waals surface area contributed by atoms with Gasteiger partial charge >= 0.3 is 0 Å². The molecule has 0 radical (unpaired) electrons. The summed E-state index contributed by atoms with van der Waals surface area (Å²) in [5.41, 5.74) is 3.12. The van der Waals surface area contributed by atoms with E-state index in [0.29, 0.717) is 0 Å². The summed E-state index contributed by atoms with van der Waals surface area (Å²) in [5.74, 6) is 0.185. The molecule has 1 spiro atoms. The molecule has 3 aliphatic heterocycles. The predicted octanol–water partition coefficient (Wildman–Crippen LogP) is 3.45. The van der Waals surface area contributed by atoms with Crippen molar-refractivity contribution >= 4 is 28.9 Å². The lowest BCUT2D eigenvalue weighted by molar-refractivity contribution is -0.120. The number of anilines is 2. The van der Waals surface area contributed by atoms with Gasteiger partial charge in [0.2, 0.25) is 5.91 Å². The van der Waals surface area contributed by atoms with E-state index in [0.717, 1.165) is 75.9 Å². The number of amides is 1. The Balaban J connectivity index is 1.09. The highest BCUT2D eigenvalue weighted by atomic mass is 35.5. The zero-order valence-corrected chi connectivity index (χ0v) is 18.1. The van der Waals surface area contributed by atoms with Gasteiger partial charge in [0.25, 0.3) is 0 Å². The van der Waals surface area contributed by atoms with E-state index in [9.17, 15) is 4.79 Å². The molecule has 0 bridgehead atoms. The molecule has 2 fully saturated rings. The largest absolute Gasteiger partial charge is 0.369 e. The normalized spacial score (nSPS) is 24.4. The third-order valence-electron chi connectivity index (χ3n) is 6.99. The monoisotopic (exact) mass is 424 g/mol. The summed E-state index contributed by atoms with van der Waals surface area (Å²) in [7, 11) is 0. The molecule has 5 nitrogen and oxygen atoms in total. The van der Waals surface area contributed by atoms with Crippen LogP contribution in [0.4, 0.5) is 11.4 Å². The van der Waals surface area contributed by atoms with Crippen molar-refractivity contribution in [2.75, 3.05) is 62.6 Å². The van der Waals surface area contributed by atoms with E-state index in [2.05, 4.69) is 38.2 Å². The Hall–Kier alpha value is -2.08. The van der Waals surface area contributed by atoms with Crippen molar-refractivity contribution in [1.82, 2.24) is 9.80 Å². The van der Waals surface area contributed by atoms with Crippen LogP contribution in [0.1, 0.15) is 18.4 Å². The fourth-order valence-electron chi connectivity index (χ4n) is 5.26. The number of rotatable bonds is 5.